The van der Waals surface area contributed by atoms with Gasteiger partial charge in [0.05, 0.1) is 12.2 Å². The van der Waals surface area contributed by atoms with E-state index in [4.69, 9.17) is 17.3 Å². The highest BCUT2D eigenvalue weighted by molar-refractivity contribution is 6.32. The third-order valence-electron chi connectivity index (χ3n) is 3.12. The van der Waals surface area contributed by atoms with E-state index in [1.54, 1.807) is 6.20 Å². The summed E-state index contributed by atoms with van der Waals surface area (Å²) in [6.07, 6.45) is 6.50. The molecular formula is C10H16ClN3. The lowest BCUT2D eigenvalue weighted by atomic mass is 9.87. The molecule has 2 N–H and O–H groups in total. The third kappa shape index (κ3) is 1.73. The summed E-state index contributed by atoms with van der Waals surface area (Å²) in [4.78, 5) is 0. The summed E-state index contributed by atoms with van der Waals surface area (Å²) < 4.78 is 1.88. The summed E-state index contributed by atoms with van der Waals surface area (Å²) in [7, 11) is 0. The Morgan fingerprint density at radius 2 is 2.07 bits per heavy atom. The summed E-state index contributed by atoms with van der Waals surface area (Å²) in [5.41, 5.74) is 5.84. The third-order valence-corrected chi connectivity index (χ3v) is 3.41. The molecule has 0 atom stereocenters. The second-order valence-electron chi connectivity index (χ2n) is 4.24. The lowest BCUT2D eigenvalue weighted by Gasteiger charge is -2.26. The van der Waals surface area contributed by atoms with Crippen LogP contribution >= 0.6 is 11.6 Å². The van der Waals surface area contributed by atoms with Gasteiger partial charge in [-0.05, 0) is 31.6 Å². The van der Waals surface area contributed by atoms with Crippen LogP contribution in [0.25, 0.3) is 0 Å². The number of rotatable bonds is 1. The molecule has 1 heterocycles. The molecule has 0 spiro atoms. The first-order valence-corrected chi connectivity index (χ1v) is 5.54. The molecule has 1 saturated carbocycles. The Morgan fingerprint density at radius 1 is 1.43 bits per heavy atom. The lowest BCUT2D eigenvalue weighted by Crippen LogP contribution is -2.19. The van der Waals surface area contributed by atoms with Crippen molar-refractivity contribution in [3.05, 3.63) is 11.2 Å². The Kier molecular flexibility index (Phi) is 2.68. The van der Waals surface area contributed by atoms with E-state index in [9.17, 15) is 0 Å². The largest absolute Gasteiger partial charge is 0.383 e. The van der Waals surface area contributed by atoms with Gasteiger partial charge in [-0.15, -0.1) is 0 Å². The highest BCUT2D eigenvalue weighted by Crippen LogP contribution is 2.34. The van der Waals surface area contributed by atoms with E-state index in [0.29, 0.717) is 16.9 Å². The minimum atomic E-state index is 0.457. The molecule has 0 bridgehead atoms. The van der Waals surface area contributed by atoms with Gasteiger partial charge in [0, 0.05) is 0 Å². The SMILES string of the molecule is CC1CCC(n2ncc(Cl)c2N)CC1. The number of anilines is 1. The topological polar surface area (TPSA) is 43.8 Å². The zero-order chi connectivity index (χ0) is 10.1. The number of nitrogens with two attached hydrogens (primary N) is 1. The molecule has 1 aromatic rings. The van der Waals surface area contributed by atoms with E-state index in [-0.39, 0.29) is 0 Å². The summed E-state index contributed by atoms with van der Waals surface area (Å²) >= 11 is 5.87. The molecule has 4 heteroatoms. The lowest BCUT2D eigenvalue weighted by molar-refractivity contribution is 0.276. The molecule has 0 saturated heterocycles. The van der Waals surface area contributed by atoms with Gasteiger partial charge in [-0.25, -0.2) is 4.68 Å². The van der Waals surface area contributed by atoms with Crippen LogP contribution in [-0.2, 0) is 0 Å². The number of halogens is 1. The van der Waals surface area contributed by atoms with E-state index in [1.165, 1.54) is 25.7 Å². The molecule has 0 amide bonds. The number of nitrogens with zero attached hydrogens (tertiary/aromatic N) is 2. The molecule has 78 valence electrons. The Morgan fingerprint density at radius 3 is 2.57 bits per heavy atom. The van der Waals surface area contributed by atoms with Gasteiger partial charge >= 0.3 is 0 Å². The van der Waals surface area contributed by atoms with Gasteiger partial charge in [0.1, 0.15) is 10.8 Å². The summed E-state index contributed by atoms with van der Waals surface area (Å²) in [5.74, 6) is 1.46. The Hall–Kier alpha value is -0.700. The standard InChI is InChI=1S/C10H16ClN3/c1-7-2-4-8(5-3-7)14-10(12)9(11)6-13-14/h6-8H,2-5,12H2,1H3. The van der Waals surface area contributed by atoms with Crippen LogP contribution < -0.4 is 5.73 Å². The van der Waals surface area contributed by atoms with E-state index in [1.807, 2.05) is 4.68 Å². The van der Waals surface area contributed by atoms with Crippen molar-refractivity contribution in [2.75, 3.05) is 5.73 Å². The van der Waals surface area contributed by atoms with Crippen molar-refractivity contribution < 1.29 is 0 Å². The fourth-order valence-corrected chi connectivity index (χ4v) is 2.26. The number of hydrogen-bond acceptors (Lipinski definition) is 2. The van der Waals surface area contributed by atoms with Crippen molar-refractivity contribution in [1.82, 2.24) is 9.78 Å². The summed E-state index contributed by atoms with van der Waals surface area (Å²) in [5, 5.41) is 4.80. The zero-order valence-electron chi connectivity index (χ0n) is 8.41. The quantitative estimate of drug-likeness (QED) is 0.780. The first-order chi connectivity index (χ1) is 6.68. The molecule has 1 aliphatic rings. The molecule has 14 heavy (non-hydrogen) atoms. The van der Waals surface area contributed by atoms with E-state index in [2.05, 4.69) is 12.0 Å². The maximum Gasteiger partial charge on any atom is 0.140 e. The first-order valence-electron chi connectivity index (χ1n) is 5.17. The van der Waals surface area contributed by atoms with Gasteiger partial charge < -0.3 is 5.73 Å². The molecule has 0 unspecified atom stereocenters. The monoisotopic (exact) mass is 213 g/mol. The molecule has 1 aromatic heterocycles. The van der Waals surface area contributed by atoms with E-state index in [0.717, 1.165) is 5.92 Å². The summed E-state index contributed by atoms with van der Waals surface area (Å²) in [6.45, 7) is 2.30. The molecular weight excluding hydrogens is 198 g/mol. The van der Waals surface area contributed by atoms with Gasteiger partial charge in [-0.3, -0.25) is 0 Å². The minimum absolute atomic E-state index is 0.457. The van der Waals surface area contributed by atoms with Crippen LogP contribution in [0, 0.1) is 5.92 Å². The van der Waals surface area contributed by atoms with E-state index >= 15 is 0 Å². The fourth-order valence-electron chi connectivity index (χ4n) is 2.13. The molecule has 1 aliphatic carbocycles. The molecule has 2 rings (SSSR count). The predicted octanol–water partition coefficient (Wildman–Crippen LogP) is 2.87. The number of aromatic nitrogens is 2. The van der Waals surface area contributed by atoms with Crippen LogP contribution in [0.5, 0.6) is 0 Å². The maximum atomic E-state index is 5.87. The van der Waals surface area contributed by atoms with Crippen molar-refractivity contribution in [1.29, 1.82) is 0 Å². The molecule has 0 aliphatic heterocycles. The highest BCUT2D eigenvalue weighted by Gasteiger charge is 2.22. The van der Waals surface area contributed by atoms with Crippen LogP contribution in [0.1, 0.15) is 38.6 Å². The second-order valence-corrected chi connectivity index (χ2v) is 4.64. The molecule has 1 fully saturated rings. The highest BCUT2D eigenvalue weighted by atomic mass is 35.5. The van der Waals surface area contributed by atoms with Crippen molar-refractivity contribution in [2.24, 2.45) is 5.92 Å². The Bertz CT molecular complexity index is 313. The predicted molar refractivity (Wildman–Crippen MR) is 58.3 cm³/mol. The Balaban J connectivity index is 2.12. The fraction of sp³-hybridized carbons (Fsp3) is 0.700. The second kappa shape index (κ2) is 3.81. The van der Waals surface area contributed by atoms with Gasteiger partial charge in [0.25, 0.3) is 0 Å². The van der Waals surface area contributed by atoms with Crippen molar-refractivity contribution in [3.8, 4) is 0 Å². The molecule has 0 aromatic carbocycles. The Labute approximate surface area is 89.2 Å². The van der Waals surface area contributed by atoms with Crippen LogP contribution in [-0.4, -0.2) is 9.78 Å². The van der Waals surface area contributed by atoms with Crippen molar-refractivity contribution in [3.63, 3.8) is 0 Å². The minimum Gasteiger partial charge on any atom is -0.383 e. The van der Waals surface area contributed by atoms with Gasteiger partial charge in [0.2, 0.25) is 0 Å². The van der Waals surface area contributed by atoms with Crippen LogP contribution in [0.15, 0.2) is 6.20 Å². The van der Waals surface area contributed by atoms with Crippen molar-refractivity contribution in [2.45, 2.75) is 38.6 Å². The zero-order valence-corrected chi connectivity index (χ0v) is 9.17. The van der Waals surface area contributed by atoms with Crippen LogP contribution in [0.3, 0.4) is 0 Å². The van der Waals surface area contributed by atoms with E-state index < -0.39 is 0 Å². The summed E-state index contributed by atoms with van der Waals surface area (Å²) in [6, 6.07) is 0.457. The number of hydrogen-bond donors (Lipinski definition) is 1. The van der Waals surface area contributed by atoms with Gasteiger partial charge in [-0.2, -0.15) is 5.10 Å². The van der Waals surface area contributed by atoms with Crippen LogP contribution in [0.2, 0.25) is 5.02 Å². The average Bonchev–Trinajstić information content (AvgIpc) is 2.50. The number of nitrogen functional groups attached to an aromatic ring is 1. The average molecular weight is 214 g/mol. The first kappa shape index (κ1) is 9.84. The normalized spacial score (nSPS) is 27.9. The van der Waals surface area contributed by atoms with Gasteiger partial charge in [0.15, 0.2) is 0 Å². The maximum absolute atomic E-state index is 5.87. The van der Waals surface area contributed by atoms with Crippen molar-refractivity contribution >= 4 is 17.4 Å². The van der Waals surface area contributed by atoms with Crippen LogP contribution in [0.4, 0.5) is 5.82 Å². The molecule has 3 nitrogen and oxygen atoms in total. The smallest absolute Gasteiger partial charge is 0.140 e. The van der Waals surface area contributed by atoms with Gasteiger partial charge in [-0.1, -0.05) is 18.5 Å². The molecule has 0 radical (unpaired) electrons.